The number of carbonyl (C=O) groups excluding carboxylic acids is 1. The summed E-state index contributed by atoms with van der Waals surface area (Å²) in [4.78, 5) is 11.9. The summed E-state index contributed by atoms with van der Waals surface area (Å²) in [6, 6.07) is 13.4. The Hall–Kier alpha value is -2.54. The molecule has 26 heavy (non-hydrogen) atoms. The maximum Gasteiger partial charge on any atom is 0.319 e. The lowest BCUT2D eigenvalue weighted by atomic mass is 10.1. The summed E-state index contributed by atoms with van der Waals surface area (Å²) in [5.41, 5.74) is 2.09. The van der Waals surface area contributed by atoms with Crippen LogP contribution in [0.15, 0.2) is 60.9 Å². The van der Waals surface area contributed by atoms with Crippen molar-refractivity contribution in [3.8, 4) is 5.69 Å². The zero-order valence-corrected chi connectivity index (χ0v) is 15.1. The van der Waals surface area contributed by atoms with Gasteiger partial charge in [-0.05, 0) is 42.0 Å². The molecule has 0 aliphatic heterocycles. The van der Waals surface area contributed by atoms with E-state index in [0.29, 0.717) is 21.3 Å². The van der Waals surface area contributed by atoms with Crippen molar-refractivity contribution in [2.75, 3.05) is 11.9 Å². The number of amides is 2. The monoisotopic (exact) mass is 390 g/mol. The van der Waals surface area contributed by atoms with Crippen LogP contribution in [0.4, 0.5) is 10.5 Å². The van der Waals surface area contributed by atoms with Gasteiger partial charge >= 0.3 is 6.03 Å². The Morgan fingerprint density at radius 1 is 1.15 bits per heavy atom. The van der Waals surface area contributed by atoms with Gasteiger partial charge in [-0.3, -0.25) is 0 Å². The maximum atomic E-state index is 11.9. The van der Waals surface area contributed by atoms with E-state index in [4.69, 9.17) is 23.2 Å². The summed E-state index contributed by atoms with van der Waals surface area (Å²) < 4.78 is 1.72. The van der Waals surface area contributed by atoms with E-state index in [-0.39, 0.29) is 6.54 Å². The van der Waals surface area contributed by atoms with Gasteiger partial charge in [0.05, 0.1) is 21.8 Å². The van der Waals surface area contributed by atoms with Crippen LogP contribution >= 0.6 is 23.2 Å². The molecule has 0 saturated carbocycles. The van der Waals surface area contributed by atoms with Crippen LogP contribution in [0.1, 0.15) is 11.7 Å². The number of nitrogens with zero attached hydrogens (tertiary/aromatic N) is 2. The molecular weight excluding hydrogens is 375 g/mol. The summed E-state index contributed by atoms with van der Waals surface area (Å²) >= 11 is 11.7. The third-order valence-corrected chi connectivity index (χ3v) is 4.42. The average molecular weight is 391 g/mol. The molecule has 2 aromatic carbocycles. The van der Waals surface area contributed by atoms with Crippen molar-refractivity contribution in [1.82, 2.24) is 15.1 Å². The maximum absolute atomic E-state index is 11.9. The molecule has 0 spiro atoms. The molecule has 3 rings (SSSR count). The number of hydrogen-bond acceptors (Lipinski definition) is 3. The Kier molecular flexibility index (Phi) is 5.78. The van der Waals surface area contributed by atoms with E-state index >= 15 is 0 Å². The van der Waals surface area contributed by atoms with Gasteiger partial charge in [0, 0.05) is 24.6 Å². The minimum absolute atomic E-state index is 0.0638. The molecule has 1 unspecified atom stereocenters. The lowest BCUT2D eigenvalue weighted by molar-refractivity contribution is 0.175. The first-order chi connectivity index (χ1) is 12.5. The number of halogens is 2. The molecule has 1 atom stereocenters. The first-order valence-electron chi connectivity index (χ1n) is 7.81. The summed E-state index contributed by atoms with van der Waals surface area (Å²) in [5, 5.41) is 20.4. The number of aromatic nitrogens is 2. The predicted octanol–water partition coefficient (Wildman–Crippen LogP) is 4.03. The molecule has 0 saturated heterocycles. The van der Waals surface area contributed by atoms with Crippen molar-refractivity contribution in [2.45, 2.75) is 6.10 Å². The third kappa shape index (κ3) is 4.54. The van der Waals surface area contributed by atoms with Crippen molar-refractivity contribution in [3.05, 3.63) is 76.5 Å². The van der Waals surface area contributed by atoms with Crippen LogP contribution in [0.25, 0.3) is 5.69 Å². The second-order valence-electron chi connectivity index (χ2n) is 5.52. The molecule has 1 heterocycles. The van der Waals surface area contributed by atoms with Crippen LogP contribution in [0, 0.1) is 0 Å². The summed E-state index contributed by atoms with van der Waals surface area (Å²) in [6.07, 6.45) is 2.70. The van der Waals surface area contributed by atoms with Gasteiger partial charge in [-0.2, -0.15) is 5.10 Å². The zero-order valence-electron chi connectivity index (χ0n) is 13.6. The van der Waals surface area contributed by atoms with Crippen LogP contribution in [0.3, 0.4) is 0 Å². The normalized spacial score (nSPS) is 11.8. The Balaban J connectivity index is 1.53. The lowest BCUT2D eigenvalue weighted by Gasteiger charge is -2.14. The first-order valence-corrected chi connectivity index (χ1v) is 8.56. The quantitative estimate of drug-likeness (QED) is 0.614. The highest BCUT2D eigenvalue weighted by Crippen LogP contribution is 2.25. The molecule has 134 valence electrons. The number of carbonyl (C=O) groups is 1. The van der Waals surface area contributed by atoms with E-state index in [2.05, 4.69) is 15.7 Å². The van der Waals surface area contributed by atoms with Gasteiger partial charge in [0.15, 0.2) is 0 Å². The molecule has 1 aromatic heterocycles. The van der Waals surface area contributed by atoms with Gasteiger partial charge in [-0.25, -0.2) is 9.48 Å². The molecule has 0 aliphatic carbocycles. The SMILES string of the molecule is O=C(NCC(O)c1ccc(-n2cccn2)cc1)Nc1ccc(Cl)c(Cl)c1. The third-order valence-electron chi connectivity index (χ3n) is 3.68. The number of aliphatic hydroxyl groups excluding tert-OH is 1. The van der Waals surface area contributed by atoms with E-state index in [1.54, 1.807) is 41.2 Å². The number of hydrogen-bond donors (Lipinski definition) is 3. The Morgan fingerprint density at radius 2 is 1.92 bits per heavy atom. The minimum atomic E-state index is -0.832. The Morgan fingerprint density at radius 3 is 2.58 bits per heavy atom. The topological polar surface area (TPSA) is 79.2 Å². The van der Waals surface area contributed by atoms with E-state index in [0.717, 1.165) is 5.69 Å². The fourth-order valence-corrected chi connectivity index (χ4v) is 2.63. The zero-order chi connectivity index (χ0) is 18.5. The van der Waals surface area contributed by atoms with Crippen molar-refractivity contribution in [2.24, 2.45) is 0 Å². The van der Waals surface area contributed by atoms with Crippen molar-refractivity contribution in [1.29, 1.82) is 0 Å². The standard InChI is InChI=1S/C18H16Cl2N4O2/c19-15-7-4-13(10-16(15)20)23-18(26)21-11-17(25)12-2-5-14(6-3-12)24-9-1-8-22-24/h1-10,17,25H,11H2,(H2,21,23,26). The lowest BCUT2D eigenvalue weighted by Crippen LogP contribution is -2.32. The number of aliphatic hydroxyl groups is 1. The number of rotatable bonds is 5. The Bertz CT molecular complexity index is 883. The van der Waals surface area contributed by atoms with Gasteiger partial charge in [-0.15, -0.1) is 0 Å². The molecule has 0 fully saturated rings. The summed E-state index contributed by atoms with van der Waals surface area (Å²) in [6.45, 7) is 0.0638. The van der Waals surface area contributed by atoms with Crippen molar-refractivity contribution < 1.29 is 9.90 Å². The van der Waals surface area contributed by atoms with E-state index in [9.17, 15) is 9.90 Å². The molecule has 8 heteroatoms. The fourth-order valence-electron chi connectivity index (χ4n) is 2.33. The van der Waals surface area contributed by atoms with Gasteiger partial charge in [-0.1, -0.05) is 35.3 Å². The fraction of sp³-hybridized carbons (Fsp3) is 0.111. The molecule has 0 radical (unpaired) electrons. The second-order valence-corrected chi connectivity index (χ2v) is 6.34. The van der Waals surface area contributed by atoms with Gasteiger partial charge in [0.1, 0.15) is 0 Å². The summed E-state index contributed by atoms with van der Waals surface area (Å²) in [5.74, 6) is 0. The molecule has 3 N–H and O–H groups in total. The smallest absolute Gasteiger partial charge is 0.319 e. The number of anilines is 1. The highest BCUT2D eigenvalue weighted by atomic mass is 35.5. The number of urea groups is 1. The Labute approximate surface area is 160 Å². The number of nitrogens with one attached hydrogen (secondary N) is 2. The van der Waals surface area contributed by atoms with Crippen LogP contribution in [-0.4, -0.2) is 27.5 Å². The molecule has 0 aliphatic rings. The van der Waals surface area contributed by atoms with Crippen LogP contribution in [0.5, 0.6) is 0 Å². The van der Waals surface area contributed by atoms with Crippen LogP contribution in [-0.2, 0) is 0 Å². The predicted molar refractivity (Wildman–Crippen MR) is 102 cm³/mol. The van der Waals surface area contributed by atoms with Crippen molar-refractivity contribution in [3.63, 3.8) is 0 Å². The second kappa shape index (κ2) is 8.23. The minimum Gasteiger partial charge on any atom is -0.387 e. The molecule has 2 amide bonds. The van der Waals surface area contributed by atoms with Gasteiger partial charge < -0.3 is 15.7 Å². The summed E-state index contributed by atoms with van der Waals surface area (Å²) in [7, 11) is 0. The molecule has 3 aromatic rings. The molecule has 0 bridgehead atoms. The largest absolute Gasteiger partial charge is 0.387 e. The van der Waals surface area contributed by atoms with E-state index in [1.165, 1.54) is 0 Å². The van der Waals surface area contributed by atoms with E-state index < -0.39 is 12.1 Å². The number of benzene rings is 2. The average Bonchev–Trinajstić information content (AvgIpc) is 3.18. The first kappa shape index (κ1) is 18.3. The highest BCUT2D eigenvalue weighted by Gasteiger charge is 2.10. The highest BCUT2D eigenvalue weighted by molar-refractivity contribution is 6.42. The molecule has 6 nitrogen and oxygen atoms in total. The van der Waals surface area contributed by atoms with Crippen LogP contribution in [0.2, 0.25) is 10.0 Å². The van der Waals surface area contributed by atoms with Crippen molar-refractivity contribution >= 4 is 34.9 Å². The molecular formula is C18H16Cl2N4O2. The van der Waals surface area contributed by atoms with Gasteiger partial charge in [0.2, 0.25) is 0 Å². The van der Waals surface area contributed by atoms with Crippen LogP contribution < -0.4 is 10.6 Å². The van der Waals surface area contributed by atoms with E-state index in [1.807, 2.05) is 24.4 Å². The van der Waals surface area contributed by atoms with Gasteiger partial charge in [0.25, 0.3) is 0 Å².